The summed E-state index contributed by atoms with van der Waals surface area (Å²) in [5, 5.41) is 13.6. The molecule has 92 valence electrons. The SMILES string of the molecule is CC(C)(C)c1nn(-c2ccccn2)c(N)c1C#N. The second-order valence-corrected chi connectivity index (χ2v) is 5.07. The molecule has 0 aliphatic heterocycles. The number of nitrogens with two attached hydrogens (primary N) is 1. The number of nitrogens with zero attached hydrogens (tertiary/aromatic N) is 4. The predicted molar refractivity (Wildman–Crippen MR) is 69.2 cm³/mol. The van der Waals surface area contributed by atoms with E-state index in [0.717, 1.165) is 0 Å². The van der Waals surface area contributed by atoms with Crippen molar-refractivity contribution in [3.63, 3.8) is 0 Å². The molecule has 2 N–H and O–H groups in total. The first-order valence-corrected chi connectivity index (χ1v) is 5.65. The lowest BCUT2D eigenvalue weighted by atomic mass is 9.90. The summed E-state index contributed by atoms with van der Waals surface area (Å²) in [5.41, 5.74) is 6.86. The van der Waals surface area contributed by atoms with E-state index >= 15 is 0 Å². The van der Waals surface area contributed by atoms with Gasteiger partial charge in [-0.1, -0.05) is 26.8 Å². The maximum atomic E-state index is 9.22. The Kier molecular flexibility index (Phi) is 2.79. The van der Waals surface area contributed by atoms with Gasteiger partial charge in [0.15, 0.2) is 5.82 Å². The van der Waals surface area contributed by atoms with E-state index in [2.05, 4.69) is 16.2 Å². The molecular weight excluding hydrogens is 226 g/mol. The molecule has 0 amide bonds. The quantitative estimate of drug-likeness (QED) is 0.828. The van der Waals surface area contributed by atoms with Crippen molar-refractivity contribution in [2.24, 2.45) is 0 Å². The predicted octanol–water partition coefficient (Wildman–Crippen LogP) is 2.02. The molecule has 2 aromatic heterocycles. The van der Waals surface area contributed by atoms with Crippen molar-refractivity contribution in [2.75, 3.05) is 5.73 Å². The van der Waals surface area contributed by atoms with Crippen LogP contribution in [0.5, 0.6) is 0 Å². The third kappa shape index (κ3) is 1.93. The molecule has 0 aromatic carbocycles. The second kappa shape index (κ2) is 4.15. The van der Waals surface area contributed by atoms with Crippen molar-refractivity contribution >= 4 is 5.82 Å². The van der Waals surface area contributed by atoms with Crippen molar-refractivity contribution in [3.05, 3.63) is 35.7 Å². The topological polar surface area (TPSA) is 80.5 Å². The smallest absolute Gasteiger partial charge is 0.155 e. The molecule has 2 aromatic rings. The van der Waals surface area contributed by atoms with Gasteiger partial charge in [-0.2, -0.15) is 15.0 Å². The first kappa shape index (κ1) is 12.1. The van der Waals surface area contributed by atoms with Gasteiger partial charge < -0.3 is 5.73 Å². The standard InChI is InChI=1S/C13H15N5/c1-13(2,3)11-9(8-14)12(15)18(17-11)10-6-4-5-7-16-10/h4-7H,15H2,1-3H3. The highest BCUT2D eigenvalue weighted by molar-refractivity contribution is 5.56. The Balaban J connectivity index is 2.66. The number of anilines is 1. The average Bonchev–Trinajstić information content (AvgIpc) is 2.67. The molecule has 2 rings (SSSR count). The fourth-order valence-corrected chi connectivity index (χ4v) is 1.72. The highest BCUT2D eigenvalue weighted by Gasteiger charge is 2.26. The van der Waals surface area contributed by atoms with Gasteiger partial charge in [0.05, 0.1) is 5.69 Å². The van der Waals surface area contributed by atoms with Crippen LogP contribution in [-0.2, 0) is 5.41 Å². The fraction of sp³-hybridized carbons (Fsp3) is 0.308. The largest absolute Gasteiger partial charge is 0.382 e. The number of hydrogen-bond acceptors (Lipinski definition) is 4. The molecule has 0 saturated heterocycles. The van der Waals surface area contributed by atoms with Gasteiger partial charge >= 0.3 is 0 Å². The summed E-state index contributed by atoms with van der Waals surface area (Å²) < 4.78 is 1.51. The van der Waals surface area contributed by atoms with Crippen molar-refractivity contribution in [2.45, 2.75) is 26.2 Å². The van der Waals surface area contributed by atoms with Crippen LogP contribution in [0, 0.1) is 11.3 Å². The normalized spacial score (nSPS) is 11.2. The Morgan fingerprint density at radius 1 is 1.33 bits per heavy atom. The monoisotopic (exact) mass is 241 g/mol. The summed E-state index contributed by atoms with van der Waals surface area (Å²) >= 11 is 0. The van der Waals surface area contributed by atoms with Crippen LogP contribution in [0.2, 0.25) is 0 Å². The van der Waals surface area contributed by atoms with E-state index in [1.165, 1.54) is 4.68 Å². The zero-order valence-electron chi connectivity index (χ0n) is 10.7. The van der Waals surface area contributed by atoms with Crippen LogP contribution >= 0.6 is 0 Å². The van der Waals surface area contributed by atoms with Crippen molar-refractivity contribution in [1.29, 1.82) is 5.26 Å². The Morgan fingerprint density at radius 3 is 2.50 bits per heavy atom. The molecule has 0 unspecified atom stereocenters. The maximum absolute atomic E-state index is 9.22. The molecule has 0 atom stereocenters. The third-order valence-electron chi connectivity index (χ3n) is 2.61. The van der Waals surface area contributed by atoms with Gasteiger partial charge in [0.25, 0.3) is 0 Å². The first-order chi connectivity index (χ1) is 8.45. The van der Waals surface area contributed by atoms with E-state index in [0.29, 0.717) is 22.9 Å². The second-order valence-electron chi connectivity index (χ2n) is 5.07. The number of pyridine rings is 1. The Bertz CT molecular complexity index is 599. The van der Waals surface area contributed by atoms with Crippen LogP contribution in [0.15, 0.2) is 24.4 Å². The summed E-state index contributed by atoms with van der Waals surface area (Å²) in [6, 6.07) is 7.60. The van der Waals surface area contributed by atoms with Gasteiger partial charge in [0, 0.05) is 11.6 Å². The minimum Gasteiger partial charge on any atom is -0.382 e. The minimum atomic E-state index is -0.237. The van der Waals surface area contributed by atoms with Crippen molar-refractivity contribution < 1.29 is 0 Å². The van der Waals surface area contributed by atoms with Gasteiger partial charge in [-0.15, -0.1) is 0 Å². The zero-order chi connectivity index (χ0) is 13.3. The summed E-state index contributed by atoms with van der Waals surface area (Å²) in [4.78, 5) is 4.19. The van der Waals surface area contributed by atoms with Gasteiger partial charge in [0.2, 0.25) is 0 Å². The van der Waals surface area contributed by atoms with E-state index in [9.17, 15) is 5.26 Å². The molecule has 0 aliphatic rings. The molecule has 18 heavy (non-hydrogen) atoms. The van der Waals surface area contributed by atoms with Crippen LogP contribution < -0.4 is 5.73 Å². The lowest BCUT2D eigenvalue weighted by Crippen LogP contribution is -2.14. The number of nitriles is 1. The van der Waals surface area contributed by atoms with Gasteiger partial charge in [0.1, 0.15) is 17.5 Å². The lowest BCUT2D eigenvalue weighted by Gasteiger charge is -2.14. The minimum absolute atomic E-state index is 0.237. The van der Waals surface area contributed by atoms with Crippen LogP contribution in [-0.4, -0.2) is 14.8 Å². The summed E-state index contributed by atoms with van der Waals surface area (Å²) in [6.07, 6.45) is 1.67. The van der Waals surface area contributed by atoms with E-state index in [-0.39, 0.29) is 5.41 Å². The molecule has 0 spiro atoms. The van der Waals surface area contributed by atoms with Crippen LogP contribution in [0.25, 0.3) is 5.82 Å². The molecule has 0 aliphatic carbocycles. The molecule has 0 bridgehead atoms. The Hall–Kier alpha value is -2.35. The number of hydrogen-bond donors (Lipinski definition) is 1. The first-order valence-electron chi connectivity index (χ1n) is 5.65. The maximum Gasteiger partial charge on any atom is 0.155 e. The van der Waals surface area contributed by atoms with Gasteiger partial charge in [-0.3, -0.25) is 0 Å². The number of nitrogen functional groups attached to an aromatic ring is 1. The zero-order valence-corrected chi connectivity index (χ0v) is 10.7. The third-order valence-corrected chi connectivity index (χ3v) is 2.61. The average molecular weight is 241 g/mol. The Morgan fingerprint density at radius 2 is 2.06 bits per heavy atom. The molecule has 0 fully saturated rings. The highest BCUT2D eigenvalue weighted by atomic mass is 15.3. The molecule has 5 nitrogen and oxygen atoms in total. The fourth-order valence-electron chi connectivity index (χ4n) is 1.72. The molecule has 0 radical (unpaired) electrons. The Labute approximate surface area is 106 Å². The summed E-state index contributed by atoms with van der Waals surface area (Å²) in [5.74, 6) is 0.947. The molecular formula is C13H15N5. The number of aromatic nitrogens is 3. The molecule has 0 saturated carbocycles. The van der Waals surface area contributed by atoms with Crippen LogP contribution in [0.1, 0.15) is 32.0 Å². The van der Waals surface area contributed by atoms with E-state index in [4.69, 9.17) is 5.73 Å². The molecule has 2 heterocycles. The van der Waals surface area contributed by atoms with E-state index in [1.807, 2.05) is 32.9 Å². The summed E-state index contributed by atoms with van der Waals surface area (Å²) in [6.45, 7) is 6.00. The van der Waals surface area contributed by atoms with Gasteiger partial charge in [-0.25, -0.2) is 4.98 Å². The number of rotatable bonds is 1. The van der Waals surface area contributed by atoms with Crippen molar-refractivity contribution in [1.82, 2.24) is 14.8 Å². The summed E-state index contributed by atoms with van der Waals surface area (Å²) in [7, 11) is 0. The molecule has 5 heteroatoms. The van der Waals surface area contributed by atoms with Crippen LogP contribution in [0.4, 0.5) is 5.82 Å². The van der Waals surface area contributed by atoms with E-state index in [1.54, 1.807) is 12.3 Å². The van der Waals surface area contributed by atoms with Gasteiger partial charge in [-0.05, 0) is 12.1 Å². The highest BCUT2D eigenvalue weighted by Crippen LogP contribution is 2.29. The van der Waals surface area contributed by atoms with Crippen LogP contribution in [0.3, 0.4) is 0 Å². The lowest BCUT2D eigenvalue weighted by molar-refractivity contribution is 0.558. The van der Waals surface area contributed by atoms with Crippen molar-refractivity contribution in [3.8, 4) is 11.9 Å². The van der Waals surface area contributed by atoms with E-state index < -0.39 is 0 Å².